The lowest BCUT2D eigenvalue weighted by molar-refractivity contribution is 0.000253. The van der Waals surface area contributed by atoms with Gasteiger partial charge in [0.05, 0.1) is 6.61 Å². The van der Waals surface area contributed by atoms with E-state index >= 15 is 0 Å². The lowest BCUT2D eigenvalue weighted by atomic mass is 9.85. The SMILES string of the molecule is C[C@@]1(CO)[C@@H]2CC[C@@H](C2)N1Cc1ccccc1. The van der Waals surface area contributed by atoms with Crippen LogP contribution in [0.4, 0.5) is 0 Å². The Bertz CT molecular complexity index is 391. The largest absolute Gasteiger partial charge is 0.394 e. The highest BCUT2D eigenvalue weighted by Crippen LogP contribution is 2.49. The van der Waals surface area contributed by atoms with E-state index in [1.54, 1.807) is 0 Å². The van der Waals surface area contributed by atoms with Crippen LogP contribution in [0.25, 0.3) is 0 Å². The lowest BCUT2D eigenvalue weighted by Gasteiger charge is -2.43. The van der Waals surface area contributed by atoms with E-state index in [4.69, 9.17) is 0 Å². The van der Waals surface area contributed by atoms with Crippen LogP contribution in [0.1, 0.15) is 31.7 Å². The van der Waals surface area contributed by atoms with Crippen molar-refractivity contribution >= 4 is 0 Å². The summed E-state index contributed by atoms with van der Waals surface area (Å²) in [7, 11) is 0. The van der Waals surface area contributed by atoms with Gasteiger partial charge in [0.15, 0.2) is 0 Å². The predicted molar refractivity (Wildman–Crippen MR) is 68.6 cm³/mol. The molecule has 1 aromatic carbocycles. The number of rotatable bonds is 3. The smallest absolute Gasteiger partial charge is 0.0615 e. The summed E-state index contributed by atoms with van der Waals surface area (Å²) in [5.74, 6) is 0.696. The van der Waals surface area contributed by atoms with E-state index in [2.05, 4.69) is 42.2 Å². The number of aliphatic hydroxyl groups excluding tert-OH is 1. The average Bonchev–Trinajstić information content (AvgIpc) is 2.94. The Balaban J connectivity index is 1.83. The number of likely N-dealkylation sites (tertiary alicyclic amines) is 1. The molecule has 3 rings (SSSR count). The minimum absolute atomic E-state index is 0.0127. The fraction of sp³-hybridized carbons (Fsp3) is 0.600. The van der Waals surface area contributed by atoms with Crippen molar-refractivity contribution in [2.24, 2.45) is 5.92 Å². The molecule has 0 aromatic heterocycles. The molecular formula is C15H21NO. The number of aliphatic hydroxyl groups is 1. The normalized spacial score (nSPS) is 36.6. The molecule has 0 unspecified atom stereocenters. The molecule has 2 aliphatic rings. The van der Waals surface area contributed by atoms with Gasteiger partial charge < -0.3 is 5.11 Å². The van der Waals surface area contributed by atoms with Gasteiger partial charge in [0.25, 0.3) is 0 Å². The third-order valence-corrected chi connectivity index (χ3v) is 4.90. The van der Waals surface area contributed by atoms with Crippen molar-refractivity contribution < 1.29 is 5.11 Å². The van der Waals surface area contributed by atoms with Gasteiger partial charge in [-0.15, -0.1) is 0 Å². The van der Waals surface area contributed by atoms with E-state index in [-0.39, 0.29) is 5.54 Å². The third-order valence-electron chi connectivity index (χ3n) is 4.90. The lowest BCUT2D eigenvalue weighted by Crippen LogP contribution is -2.52. The summed E-state index contributed by atoms with van der Waals surface area (Å²) in [5.41, 5.74) is 1.37. The van der Waals surface area contributed by atoms with Crippen molar-refractivity contribution in [3.05, 3.63) is 35.9 Å². The van der Waals surface area contributed by atoms with Crippen LogP contribution in [0.2, 0.25) is 0 Å². The Labute approximate surface area is 103 Å². The van der Waals surface area contributed by atoms with Crippen LogP contribution in [0, 0.1) is 5.92 Å². The monoisotopic (exact) mass is 231 g/mol. The van der Waals surface area contributed by atoms with Crippen molar-refractivity contribution in [1.82, 2.24) is 4.90 Å². The highest BCUT2D eigenvalue weighted by atomic mass is 16.3. The Hall–Kier alpha value is -0.860. The third kappa shape index (κ3) is 1.71. The van der Waals surface area contributed by atoms with Crippen LogP contribution in [0.3, 0.4) is 0 Å². The van der Waals surface area contributed by atoms with E-state index in [1.165, 1.54) is 24.8 Å². The van der Waals surface area contributed by atoms with Gasteiger partial charge in [-0.1, -0.05) is 30.3 Å². The maximum atomic E-state index is 9.75. The molecule has 92 valence electrons. The van der Waals surface area contributed by atoms with Crippen LogP contribution in [0.15, 0.2) is 30.3 Å². The summed E-state index contributed by atoms with van der Waals surface area (Å²) in [6.45, 7) is 3.51. The molecule has 1 aromatic rings. The molecule has 3 atom stereocenters. The highest BCUT2D eigenvalue weighted by Gasteiger charge is 2.53. The van der Waals surface area contributed by atoms with Crippen LogP contribution < -0.4 is 0 Å². The first kappa shape index (κ1) is 11.2. The average molecular weight is 231 g/mol. The van der Waals surface area contributed by atoms with Crippen molar-refractivity contribution in [2.45, 2.75) is 44.3 Å². The van der Waals surface area contributed by atoms with Crippen LogP contribution in [0.5, 0.6) is 0 Å². The highest BCUT2D eigenvalue weighted by molar-refractivity contribution is 5.17. The Kier molecular flexibility index (Phi) is 2.72. The second-order valence-electron chi connectivity index (χ2n) is 5.79. The van der Waals surface area contributed by atoms with Gasteiger partial charge in [-0.2, -0.15) is 0 Å². The Morgan fingerprint density at radius 3 is 2.76 bits per heavy atom. The van der Waals surface area contributed by atoms with E-state index < -0.39 is 0 Å². The molecule has 2 bridgehead atoms. The maximum Gasteiger partial charge on any atom is 0.0615 e. The molecule has 0 amide bonds. The fourth-order valence-electron chi connectivity index (χ4n) is 3.77. The number of piperidine rings is 1. The summed E-state index contributed by atoms with van der Waals surface area (Å²) in [6, 6.07) is 11.3. The second-order valence-corrected chi connectivity index (χ2v) is 5.79. The van der Waals surface area contributed by atoms with Gasteiger partial charge >= 0.3 is 0 Å². The summed E-state index contributed by atoms with van der Waals surface area (Å²) < 4.78 is 0. The summed E-state index contributed by atoms with van der Waals surface area (Å²) in [5, 5.41) is 9.75. The van der Waals surface area contributed by atoms with E-state index in [9.17, 15) is 5.11 Å². The maximum absolute atomic E-state index is 9.75. The van der Waals surface area contributed by atoms with Gasteiger partial charge in [0.2, 0.25) is 0 Å². The van der Waals surface area contributed by atoms with Crippen molar-refractivity contribution in [3.8, 4) is 0 Å². The number of hydrogen-bond acceptors (Lipinski definition) is 2. The molecule has 0 spiro atoms. The first-order valence-corrected chi connectivity index (χ1v) is 6.65. The molecule has 2 fully saturated rings. The van der Waals surface area contributed by atoms with Gasteiger partial charge in [-0.25, -0.2) is 0 Å². The molecule has 0 radical (unpaired) electrons. The molecule has 1 N–H and O–H groups in total. The topological polar surface area (TPSA) is 23.5 Å². The van der Waals surface area contributed by atoms with Crippen LogP contribution in [-0.2, 0) is 6.54 Å². The fourth-order valence-corrected chi connectivity index (χ4v) is 3.77. The van der Waals surface area contributed by atoms with E-state index in [0.717, 1.165) is 6.54 Å². The van der Waals surface area contributed by atoms with E-state index in [1.807, 2.05) is 0 Å². The molecule has 1 saturated carbocycles. The van der Waals surface area contributed by atoms with Crippen molar-refractivity contribution in [1.29, 1.82) is 0 Å². The number of benzene rings is 1. The van der Waals surface area contributed by atoms with Crippen LogP contribution in [-0.4, -0.2) is 28.2 Å². The van der Waals surface area contributed by atoms with Crippen molar-refractivity contribution in [3.63, 3.8) is 0 Å². The molecule has 17 heavy (non-hydrogen) atoms. The summed E-state index contributed by atoms with van der Waals surface area (Å²) >= 11 is 0. The molecule has 1 heterocycles. The minimum Gasteiger partial charge on any atom is -0.394 e. The Morgan fingerprint density at radius 1 is 1.29 bits per heavy atom. The van der Waals surface area contributed by atoms with Gasteiger partial charge in [0.1, 0.15) is 0 Å². The summed E-state index contributed by atoms with van der Waals surface area (Å²) in [4.78, 5) is 2.54. The first-order chi connectivity index (χ1) is 8.24. The molecule has 2 heteroatoms. The molecule has 1 aliphatic heterocycles. The molecular weight excluding hydrogens is 210 g/mol. The van der Waals surface area contributed by atoms with Gasteiger partial charge in [-0.3, -0.25) is 4.90 Å². The quantitative estimate of drug-likeness (QED) is 0.863. The first-order valence-electron chi connectivity index (χ1n) is 6.65. The number of nitrogens with zero attached hydrogens (tertiary/aromatic N) is 1. The summed E-state index contributed by atoms with van der Waals surface area (Å²) in [6.07, 6.45) is 3.89. The van der Waals surface area contributed by atoms with Crippen LogP contribution >= 0.6 is 0 Å². The van der Waals surface area contributed by atoms with Gasteiger partial charge in [0, 0.05) is 18.1 Å². The van der Waals surface area contributed by atoms with E-state index in [0.29, 0.717) is 18.6 Å². The zero-order chi connectivity index (χ0) is 11.9. The predicted octanol–water partition coefficient (Wildman–Crippen LogP) is 2.42. The second kappa shape index (κ2) is 4.11. The zero-order valence-electron chi connectivity index (χ0n) is 10.5. The Morgan fingerprint density at radius 2 is 2.06 bits per heavy atom. The molecule has 1 aliphatic carbocycles. The molecule has 2 nitrogen and oxygen atoms in total. The number of fused-ring (bicyclic) bond motifs is 2. The standard InChI is InChI=1S/C15H21NO/c1-15(11-17)13-7-8-14(9-13)16(15)10-12-5-3-2-4-6-12/h2-6,13-14,17H,7-11H2,1H3/t13-,14+,15-/m1/s1. The minimum atomic E-state index is 0.0127. The zero-order valence-corrected chi connectivity index (χ0v) is 10.5. The number of hydrogen-bond donors (Lipinski definition) is 1. The van der Waals surface area contributed by atoms with Gasteiger partial charge in [-0.05, 0) is 37.7 Å². The molecule has 1 saturated heterocycles. The van der Waals surface area contributed by atoms with Crippen molar-refractivity contribution in [2.75, 3.05) is 6.61 Å².